The van der Waals surface area contributed by atoms with Crippen LogP contribution in [0, 0.1) is 5.92 Å². The van der Waals surface area contributed by atoms with E-state index < -0.39 is 11.5 Å². The number of ether oxygens (including phenoxy) is 3. The van der Waals surface area contributed by atoms with Gasteiger partial charge in [-0.05, 0) is 31.9 Å². The van der Waals surface area contributed by atoms with Gasteiger partial charge in [-0.3, -0.25) is 4.79 Å². The van der Waals surface area contributed by atoms with Gasteiger partial charge in [0.15, 0.2) is 0 Å². The Morgan fingerprint density at radius 2 is 2.05 bits per heavy atom. The van der Waals surface area contributed by atoms with Gasteiger partial charge in [-0.25, -0.2) is 4.79 Å². The number of fused-ring (bicyclic) bond motifs is 1. The number of hydrogen-bond donors (Lipinski definition) is 1. The fraction of sp³-hybridized carbons (Fsp3) is 0.500. The third kappa shape index (κ3) is 3.32. The maximum absolute atomic E-state index is 12.3. The average Bonchev–Trinajstić information content (AvgIpc) is 2.52. The molecule has 0 saturated heterocycles. The van der Waals surface area contributed by atoms with Crippen LogP contribution in [0.3, 0.4) is 0 Å². The Hall–Kier alpha value is -2.24. The smallest absolute Gasteiger partial charge is 0.330 e. The van der Waals surface area contributed by atoms with Gasteiger partial charge in [0.1, 0.15) is 23.6 Å². The summed E-state index contributed by atoms with van der Waals surface area (Å²) >= 11 is 0. The van der Waals surface area contributed by atoms with E-state index in [0.29, 0.717) is 12.2 Å². The number of esters is 1. The molecule has 0 bridgehead atoms. The Morgan fingerprint density at radius 3 is 2.68 bits per heavy atom. The molecule has 0 aliphatic carbocycles. The zero-order valence-corrected chi connectivity index (χ0v) is 13.3. The number of hydrogen-bond acceptors (Lipinski definition) is 5. The van der Waals surface area contributed by atoms with Gasteiger partial charge >= 0.3 is 5.97 Å². The second-order valence-corrected chi connectivity index (χ2v) is 5.79. The van der Waals surface area contributed by atoms with Gasteiger partial charge in [-0.1, -0.05) is 6.07 Å². The molecule has 22 heavy (non-hydrogen) atoms. The fourth-order valence-electron chi connectivity index (χ4n) is 2.36. The minimum Gasteiger partial charge on any atom is -0.497 e. The van der Waals surface area contributed by atoms with Crippen molar-refractivity contribution in [3.8, 4) is 11.5 Å². The van der Waals surface area contributed by atoms with Crippen molar-refractivity contribution in [1.82, 2.24) is 5.32 Å². The maximum Gasteiger partial charge on any atom is 0.330 e. The average molecular weight is 307 g/mol. The number of methoxy groups -OCH3 is 2. The summed E-state index contributed by atoms with van der Waals surface area (Å²) in [7, 11) is 2.89. The summed E-state index contributed by atoms with van der Waals surface area (Å²) < 4.78 is 15.5. The lowest BCUT2D eigenvalue weighted by Crippen LogP contribution is -2.53. The van der Waals surface area contributed by atoms with Crippen molar-refractivity contribution in [3.05, 3.63) is 23.8 Å². The van der Waals surface area contributed by atoms with Crippen LogP contribution in [-0.2, 0) is 20.7 Å². The Morgan fingerprint density at radius 1 is 1.32 bits per heavy atom. The first kappa shape index (κ1) is 16.1. The molecule has 1 amide bonds. The summed E-state index contributed by atoms with van der Waals surface area (Å²) in [5.41, 5.74) is -0.116. The van der Waals surface area contributed by atoms with Crippen LogP contribution in [0.15, 0.2) is 18.2 Å². The Kier molecular flexibility index (Phi) is 4.59. The third-order valence-electron chi connectivity index (χ3n) is 3.68. The monoisotopic (exact) mass is 307 g/mol. The molecule has 2 rings (SSSR count). The lowest BCUT2D eigenvalue weighted by molar-refractivity contribution is -0.150. The van der Waals surface area contributed by atoms with Crippen LogP contribution < -0.4 is 14.8 Å². The first-order chi connectivity index (χ1) is 10.4. The number of nitrogens with one attached hydrogen (secondary N) is 1. The van der Waals surface area contributed by atoms with Crippen molar-refractivity contribution < 1.29 is 23.8 Å². The molecule has 1 unspecified atom stereocenters. The highest BCUT2D eigenvalue weighted by molar-refractivity contribution is 5.88. The summed E-state index contributed by atoms with van der Waals surface area (Å²) in [6.07, 6.45) is 0.558. The molecular formula is C16H21NO5. The highest BCUT2D eigenvalue weighted by Crippen LogP contribution is 2.31. The topological polar surface area (TPSA) is 73.9 Å². The third-order valence-corrected chi connectivity index (χ3v) is 3.68. The molecule has 1 aliphatic heterocycles. The highest BCUT2D eigenvalue weighted by atomic mass is 16.5. The normalized spacial score (nSPS) is 17.0. The van der Waals surface area contributed by atoms with E-state index in [1.807, 2.05) is 18.2 Å². The van der Waals surface area contributed by atoms with E-state index in [0.717, 1.165) is 11.3 Å². The summed E-state index contributed by atoms with van der Waals surface area (Å²) in [4.78, 5) is 24.0. The van der Waals surface area contributed by atoms with Crippen molar-refractivity contribution in [1.29, 1.82) is 0 Å². The predicted molar refractivity (Wildman–Crippen MR) is 79.9 cm³/mol. The fourth-order valence-corrected chi connectivity index (χ4v) is 2.36. The van der Waals surface area contributed by atoms with Crippen LogP contribution in [0.25, 0.3) is 0 Å². The molecule has 6 heteroatoms. The van der Waals surface area contributed by atoms with Crippen LogP contribution in [-0.4, -0.2) is 38.2 Å². The summed E-state index contributed by atoms with van der Waals surface area (Å²) in [6.45, 7) is 3.49. The Bertz CT molecular complexity index is 582. The predicted octanol–water partition coefficient (Wildman–Crippen LogP) is 1.31. The molecule has 0 aromatic heterocycles. The number of rotatable bonds is 4. The Labute approximate surface area is 129 Å². The number of amides is 1. The van der Waals surface area contributed by atoms with E-state index in [9.17, 15) is 9.59 Å². The van der Waals surface area contributed by atoms with E-state index in [2.05, 4.69) is 10.1 Å². The zero-order valence-electron chi connectivity index (χ0n) is 13.3. The van der Waals surface area contributed by atoms with Gasteiger partial charge in [0, 0.05) is 6.07 Å². The summed E-state index contributed by atoms with van der Waals surface area (Å²) in [6, 6.07) is 5.53. The van der Waals surface area contributed by atoms with Crippen molar-refractivity contribution in [3.63, 3.8) is 0 Å². The molecule has 120 valence electrons. The van der Waals surface area contributed by atoms with Crippen LogP contribution in [0.5, 0.6) is 11.5 Å². The largest absolute Gasteiger partial charge is 0.497 e. The number of carbonyl (C=O) groups excluding carboxylic acids is 2. The van der Waals surface area contributed by atoms with Crippen molar-refractivity contribution in [2.24, 2.45) is 5.92 Å². The van der Waals surface area contributed by atoms with E-state index in [1.165, 1.54) is 7.11 Å². The molecule has 1 aromatic rings. The number of carbonyl (C=O) groups is 2. The van der Waals surface area contributed by atoms with Crippen LogP contribution >= 0.6 is 0 Å². The standard InChI is InChI=1S/C16H21NO5/c1-16(2,15(19)21-4)17-14(18)11-7-10-5-6-12(20-3)8-13(10)22-9-11/h5-6,8,11H,7,9H2,1-4H3,(H,17,18). The molecule has 1 heterocycles. The van der Waals surface area contributed by atoms with E-state index in [4.69, 9.17) is 9.47 Å². The molecule has 1 N–H and O–H groups in total. The van der Waals surface area contributed by atoms with E-state index in [-0.39, 0.29) is 18.4 Å². The SMILES string of the molecule is COC(=O)C(C)(C)NC(=O)C1COc2cc(OC)ccc2C1. The molecule has 6 nitrogen and oxygen atoms in total. The lowest BCUT2D eigenvalue weighted by Gasteiger charge is -2.29. The van der Waals surface area contributed by atoms with E-state index in [1.54, 1.807) is 21.0 Å². The van der Waals surface area contributed by atoms with Gasteiger partial charge < -0.3 is 19.5 Å². The van der Waals surface area contributed by atoms with Crippen molar-refractivity contribution >= 4 is 11.9 Å². The molecule has 1 atom stereocenters. The molecular weight excluding hydrogens is 286 g/mol. The van der Waals surface area contributed by atoms with Crippen LogP contribution in [0.1, 0.15) is 19.4 Å². The maximum atomic E-state index is 12.3. The number of benzene rings is 1. The molecule has 0 fully saturated rings. The van der Waals surface area contributed by atoms with Gasteiger partial charge in [0.05, 0.1) is 20.1 Å². The molecule has 0 spiro atoms. The Balaban J connectivity index is 2.06. The molecule has 0 radical (unpaired) electrons. The van der Waals surface area contributed by atoms with Gasteiger partial charge in [-0.2, -0.15) is 0 Å². The van der Waals surface area contributed by atoms with Gasteiger partial charge in [0.25, 0.3) is 0 Å². The molecule has 0 saturated carbocycles. The van der Waals surface area contributed by atoms with Gasteiger partial charge in [-0.15, -0.1) is 0 Å². The van der Waals surface area contributed by atoms with Crippen LogP contribution in [0.4, 0.5) is 0 Å². The second-order valence-electron chi connectivity index (χ2n) is 5.79. The highest BCUT2D eigenvalue weighted by Gasteiger charge is 2.34. The quantitative estimate of drug-likeness (QED) is 0.849. The molecule has 1 aromatic carbocycles. The van der Waals surface area contributed by atoms with Crippen LogP contribution in [0.2, 0.25) is 0 Å². The van der Waals surface area contributed by atoms with Gasteiger partial charge in [0.2, 0.25) is 5.91 Å². The first-order valence-corrected chi connectivity index (χ1v) is 7.07. The lowest BCUT2D eigenvalue weighted by atomic mass is 9.94. The summed E-state index contributed by atoms with van der Waals surface area (Å²) in [5, 5.41) is 2.71. The van der Waals surface area contributed by atoms with E-state index >= 15 is 0 Å². The first-order valence-electron chi connectivity index (χ1n) is 7.07. The zero-order chi connectivity index (χ0) is 16.3. The minimum absolute atomic E-state index is 0.225. The summed E-state index contributed by atoms with van der Waals surface area (Å²) in [5.74, 6) is 0.397. The molecule has 1 aliphatic rings. The van der Waals surface area contributed by atoms with Crippen molar-refractivity contribution in [2.45, 2.75) is 25.8 Å². The second kappa shape index (κ2) is 6.25. The minimum atomic E-state index is -1.06. The van der Waals surface area contributed by atoms with Crippen molar-refractivity contribution in [2.75, 3.05) is 20.8 Å².